The highest BCUT2D eigenvalue weighted by molar-refractivity contribution is 6.32. The molecule has 1 amide bonds. The molecular formula is C20H19ClN2O3. The van der Waals surface area contributed by atoms with Crippen LogP contribution >= 0.6 is 11.6 Å². The summed E-state index contributed by atoms with van der Waals surface area (Å²) < 4.78 is 10.9. The van der Waals surface area contributed by atoms with Gasteiger partial charge in [0.1, 0.15) is 17.0 Å². The number of fused-ring (bicyclic) bond motifs is 1. The number of anilines is 1. The Bertz CT molecular complexity index is 949. The van der Waals surface area contributed by atoms with Gasteiger partial charge >= 0.3 is 0 Å². The summed E-state index contributed by atoms with van der Waals surface area (Å²) in [6, 6.07) is 10.9. The van der Waals surface area contributed by atoms with Crippen LogP contribution in [0.15, 0.2) is 42.6 Å². The number of amides is 1. The minimum Gasteiger partial charge on any atom is -0.494 e. The first-order valence-electron chi connectivity index (χ1n) is 8.10. The Hall–Kier alpha value is -2.79. The summed E-state index contributed by atoms with van der Waals surface area (Å²) in [7, 11) is 1.59. The third-order valence-corrected chi connectivity index (χ3v) is 4.60. The highest BCUT2D eigenvalue weighted by Gasteiger charge is 2.11. The van der Waals surface area contributed by atoms with Crippen molar-refractivity contribution in [1.82, 2.24) is 4.98 Å². The van der Waals surface area contributed by atoms with Gasteiger partial charge < -0.3 is 14.8 Å². The summed E-state index contributed by atoms with van der Waals surface area (Å²) in [6.07, 6.45) is 1.69. The Morgan fingerprint density at radius 2 is 1.92 bits per heavy atom. The van der Waals surface area contributed by atoms with Gasteiger partial charge in [0.25, 0.3) is 5.91 Å². The summed E-state index contributed by atoms with van der Waals surface area (Å²) in [5.41, 5.74) is 3.17. The predicted molar refractivity (Wildman–Crippen MR) is 103 cm³/mol. The van der Waals surface area contributed by atoms with E-state index >= 15 is 0 Å². The third-order valence-electron chi connectivity index (χ3n) is 4.01. The molecule has 0 fully saturated rings. The van der Waals surface area contributed by atoms with Crippen LogP contribution in [0.3, 0.4) is 0 Å². The average Bonchev–Trinajstić information content (AvgIpc) is 2.64. The summed E-state index contributed by atoms with van der Waals surface area (Å²) in [5.74, 6) is 1.01. The number of aromatic nitrogens is 1. The van der Waals surface area contributed by atoms with Crippen molar-refractivity contribution >= 4 is 34.1 Å². The number of rotatable bonds is 5. The zero-order valence-electron chi connectivity index (χ0n) is 14.8. The van der Waals surface area contributed by atoms with Gasteiger partial charge in [-0.1, -0.05) is 11.6 Å². The van der Waals surface area contributed by atoms with Crippen LogP contribution in [0, 0.1) is 13.8 Å². The fourth-order valence-electron chi connectivity index (χ4n) is 2.75. The van der Waals surface area contributed by atoms with Crippen molar-refractivity contribution in [3.05, 3.63) is 58.7 Å². The van der Waals surface area contributed by atoms with Crippen LogP contribution in [0.2, 0.25) is 5.02 Å². The minimum atomic E-state index is -0.259. The molecule has 0 aliphatic heterocycles. The molecule has 0 unspecified atom stereocenters. The van der Waals surface area contributed by atoms with Crippen molar-refractivity contribution in [3.63, 3.8) is 0 Å². The van der Waals surface area contributed by atoms with Crippen molar-refractivity contribution in [2.45, 2.75) is 13.8 Å². The summed E-state index contributed by atoms with van der Waals surface area (Å²) >= 11 is 6.15. The van der Waals surface area contributed by atoms with Gasteiger partial charge in [0.15, 0.2) is 6.61 Å². The van der Waals surface area contributed by atoms with Crippen molar-refractivity contribution in [1.29, 1.82) is 0 Å². The van der Waals surface area contributed by atoms with Gasteiger partial charge in [-0.05, 0) is 61.4 Å². The standard InChI is InChI=1S/C20H19ClN2O3/c1-12-9-14(10-13(2)19(12)21)26-11-18(24)23-16-6-7-17(25-3)20-15(16)5-4-8-22-20/h4-10H,11H2,1-3H3,(H,23,24). The van der Waals surface area contributed by atoms with E-state index in [4.69, 9.17) is 21.1 Å². The highest BCUT2D eigenvalue weighted by atomic mass is 35.5. The molecule has 1 N–H and O–H groups in total. The largest absolute Gasteiger partial charge is 0.494 e. The molecule has 2 aromatic carbocycles. The number of halogens is 1. The number of aryl methyl sites for hydroxylation is 2. The van der Waals surface area contributed by atoms with E-state index in [0.717, 1.165) is 16.5 Å². The Kier molecular flexibility index (Phi) is 5.28. The zero-order valence-corrected chi connectivity index (χ0v) is 15.6. The van der Waals surface area contributed by atoms with E-state index in [1.54, 1.807) is 25.4 Å². The maximum absolute atomic E-state index is 12.3. The molecular weight excluding hydrogens is 352 g/mol. The number of benzene rings is 2. The van der Waals surface area contributed by atoms with E-state index in [0.29, 0.717) is 27.7 Å². The molecule has 1 aromatic heterocycles. The molecule has 0 radical (unpaired) electrons. The maximum atomic E-state index is 12.3. The molecule has 0 aliphatic carbocycles. The summed E-state index contributed by atoms with van der Waals surface area (Å²) in [5, 5.41) is 4.37. The minimum absolute atomic E-state index is 0.103. The summed E-state index contributed by atoms with van der Waals surface area (Å²) in [4.78, 5) is 16.6. The quantitative estimate of drug-likeness (QED) is 0.716. The van der Waals surface area contributed by atoms with Crippen molar-refractivity contribution < 1.29 is 14.3 Å². The topological polar surface area (TPSA) is 60.5 Å². The molecule has 0 bridgehead atoms. The molecule has 26 heavy (non-hydrogen) atoms. The fourth-order valence-corrected chi connectivity index (χ4v) is 2.85. The molecule has 0 aliphatic rings. The molecule has 134 valence electrons. The highest BCUT2D eigenvalue weighted by Crippen LogP contribution is 2.30. The number of carbonyl (C=O) groups is 1. The SMILES string of the molecule is COc1ccc(NC(=O)COc2cc(C)c(Cl)c(C)c2)c2cccnc12. The summed E-state index contributed by atoms with van der Waals surface area (Å²) in [6.45, 7) is 3.70. The second kappa shape index (κ2) is 7.62. The molecule has 6 heteroatoms. The number of ether oxygens (including phenoxy) is 2. The van der Waals surface area contributed by atoms with Crippen LogP contribution < -0.4 is 14.8 Å². The first-order valence-corrected chi connectivity index (χ1v) is 8.48. The van der Waals surface area contributed by atoms with Gasteiger partial charge in [0, 0.05) is 16.6 Å². The van der Waals surface area contributed by atoms with Crippen LogP contribution in [0.5, 0.6) is 11.5 Å². The van der Waals surface area contributed by atoms with Crippen molar-refractivity contribution in [2.24, 2.45) is 0 Å². The number of methoxy groups -OCH3 is 1. The number of pyridine rings is 1. The zero-order chi connectivity index (χ0) is 18.7. The second-order valence-electron chi connectivity index (χ2n) is 5.92. The van der Waals surface area contributed by atoms with Crippen LogP contribution in [0.4, 0.5) is 5.69 Å². The Morgan fingerprint density at radius 1 is 1.19 bits per heavy atom. The van der Waals surface area contributed by atoms with E-state index in [9.17, 15) is 4.79 Å². The second-order valence-corrected chi connectivity index (χ2v) is 6.30. The normalized spacial score (nSPS) is 10.6. The van der Waals surface area contributed by atoms with Gasteiger partial charge in [-0.25, -0.2) is 0 Å². The molecule has 0 saturated carbocycles. The number of nitrogens with zero attached hydrogens (tertiary/aromatic N) is 1. The molecule has 0 saturated heterocycles. The molecule has 0 spiro atoms. The Morgan fingerprint density at radius 3 is 2.62 bits per heavy atom. The molecule has 3 aromatic rings. The fraction of sp³-hybridized carbons (Fsp3) is 0.200. The monoisotopic (exact) mass is 370 g/mol. The van der Waals surface area contributed by atoms with E-state index < -0.39 is 0 Å². The molecule has 1 heterocycles. The first kappa shape index (κ1) is 18.0. The van der Waals surface area contributed by atoms with Gasteiger partial charge in [-0.2, -0.15) is 0 Å². The van der Waals surface area contributed by atoms with Crippen molar-refractivity contribution in [2.75, 3.05) is 19.0 Å². The van der Waals surface area contributed by atoms with E-state index in [1.807, 2.05) is 38.1 Å². The predicted octanol–water partition coefficient (Wildman–Crippen LogP) is 4.53. The average molecular weight is 371 g/mol. The number of hydrogen-bond donors (Lipinski definition) is 1. The lowest BCUT2D eigenvalue weighted by molar-refractivity contribution is -0.118. The van der Waals surface area contributed by atoms with Crippen molar-refractivity contribution in [3.8, 4) is 11.5 Å². The van der Waals surface area contributed by atoms with E-state index in [2.05, 4.69) is 10.3 Å². The number of carbonyl (C=O) groups excluding carboxylic acids is 1. The van der Waals surface area contributed by atoms with E-state index in [-0.39, 0.29) is 12.5 Å². The molecule has 3 rings (SSSR count). The molecule has 0 atom stereocenters. The molecule has 5 nitrogen and oxygen atoms in total. The van der Waals surface area contributed by atoms with Gasteiger partial charge in [-0.3, -0.25) is 9.78 Å². The van der Waals surface area contributed by atoms with Crippen LogP contribution in [-0.4, -0.2) is 24.6 Å². The Labute approximate surface area is 156 Å². The van der Waals surface area contributed by atoms with Gasteiger partial charge in [-0.15, -0.1) is 0 Å². The lowest BCUT2D eigenvalue weighted by Crippen LogP contribution is -2.20. The van der Waals surface area contributed by atoms with Gasteiger partial charge in [0.2, 0.25) is 0 Å². The lowest BCUT2D eigenvalue weighted by Gasteiger charge is -2.12. The third kappa shape index (κ3) is 3.73. The van der Waals surface area contributed by atoms with Crippen LogP contribution in [-0.2, 0) is 4.79 Å². The smallest absolute Gasteiger partial charge is 0.262 e. The van der Waals surface area contributed by atoms with E-state index in [1.165, 1.54) is 0 Å². The van der Waals surface area contributed by atoms with Crippen LogP contribution in [0.25, 0.3) is 10.9 Å². The van der Waals surface area contributed by atoms with Crippen LogP contribution in [0.1, 0.15) is 11.1 Å². The Balaban J connectivity index is 1.74. The lowest BCUT2D eigenvalue weighted by atomic mass is 10.1. The number of hydrogen-bond acceptors (Lipinski definition) is 4. The maximum Gasteiger partial charge on any atom is 0.262 e. The van der Waals surface area contributed by atoms with Gasteiger partial charge in [0.05, 0.1) is 12.8 Å². The first-order chi connectivity index (χ1) is 12.5. The number of nitrogens with one attached hydrogen (secondary N) is 1.